The lowest BCUT2D eigenvalue weighted by molar-refractivity contribution is -0.124. The number of nitrogens with zero attached hydrogens (tertiary/aromatic N) is 2. The molecule has 1 amide bonds. The summed E-state index contributed by atoms with van der Waals surface area (Å²) < 4.78 is 0. The minimum Gasteiger partial charge on any atom is -0.317 e. The van der Waals surface area contributed by atoms with Crippen LogP contribution in [0, 0.1) is 11.3 Å². The molecule has 21 heavy (non-hydrogen) atoms. The fourth-order valence-electron chi connectivity index (χ4n) is 2.54. The summed E-state index contributed by atoms with van der Waals surface area (Å²) in [6.45, 7) is 1.63. The number of benzene rings is 1. The van der Waals surface area contributed by atoms with E-state index >= 15 is 0 Å². The van der Waals surface area contributed by atoms with Gasteiger partial charge in [0.2, 0.25) is 0 Å². The van der Waals surface area contributed by atoms with Crippen molar-refractivity contribution in [2.45, 2.75) is 18.4 Å². The number of piperidine rings is 1. The fraction of sp³-hybridized carbons (Fsp3) is 0.357. The summed E-state index contributed by atoms with van der Waals surface area (Å²) in [5, 5.41) is 14.9. The zero-order valence-electron chi connectivity index (χ0n) is 11.3. The van der Waals surface area contributed by atoms with Crippen LogP contribution in [0.5, 0.6) is 0 Å². The Morgan fingerprint density at radius 1 is 1.14 bits per heavy atom. The van der Waals surface area contributed by atoms with E-state index in [0.717, 1.165) is 31.5 Å². The molecule has 1 fully saturated rings. The third-order valence-corrected chi connectivity index (χ3v) is 3.70. The normalized spacial score (nSPS) is 18.8. The molecule has 0 saturated carbocycles. The average Bonchev–Trinajstić information content (AvgIpc) is 2.77. The molecule has 2 N–H and O–H groups in total. The van der Waals surface area contributed by atoms with Crippen LogP contribution < -0.4 is 10.6 Å². The lowest BCUT2D eigenvalue weighted by Gasteiger charge is -2.28. The van der Waals surface area contributed by atoms with Crippen molar-refractivity contribution in [3.05, 3.63) is 35.4 Å². The molecule has 0 aromatic heterocycles. The van der Waals surface area contributed by atoms with Crippen LogP contribution in [0.1, 0.15) is 24.0 Å². The Morgan fingerprint density at radius 2 is 1.76 bits per heavy atom. The Labute approximate surface area is 135 Å². The minimum atomic E-state index is -0.589. The summed E-state index contributed by atoms with van der Waals surface area (Å²) in [7, 11) is 0. The first kappa shape index (κ1) is 17.4. The van der Waals surface area contributed by atoms with E-state index < -0.39 is 5.54 Å². The van der Waals surface area contributed by atoms with Gasteiger partial charge in [0.05, 0.1) is 11.6 Å². The Kier molecular flexibility index (Phi) is 5.73. The van der Waals surface area contributed by atoms with Crippen molar-refractivity contribution < 1.29 is 4.79 Å². The highest BCUT2D eigenvalue weighted by molar-refractivity contribution is 6.15. The molecule has 2 aliphatic rings. The monoisotopic (exact) mass is 326 g/mol. The van der Waals surface area contributed by atoms with Gasteiger partial charge in [-0.3, -0.25) is 9.79 Å². The van der Waals surface area contributed by atoms with E-state index in [9.17, 15) is 4.79 Å². The lowest BCUT2D eigenvalue weighted by Crippen LogP contribution is -2.47. The second-order valence-electron chi connectivity index (χ2n) is 4.89. The summed E-state index contributed by atoms with van der Waals surface area (Å²) in [6, 6.07) is 9.18. The fourth-order valence-corrected chi connectivity index (χ4v) is 2.54. The predicted molar refractivity (Wildman–Crippen MR) is 85.2 cm³/mol. The van der Waals surface area contributed by atoms with Crippen LogP contribution >= 0.6 is 24.8 Å². The van der Waals surface area contributed by atoms with Crippen molar-refractivity contribution in [1.82, 2.24) is 10.6 Å². The molecule has 0 aliphatic carbocycles. The molecule has 0 radical (unpaired) electrons. The number of rotatable bonds is 1. The van der Waals surface area contributed by atoms with Gasteiger partial charge in [0.15, 0.2) is 0 Å². The quantitative estimate of drug-likeness (QED) is 0.818. The third kappa shape index (κ3) is 3.18. The molecule has 0 atom stereocenters. The molecule has 2 heterocycles. The summed E-state index contributed by atoms with van der Waals surface area (Å²) in [6.07, 6.45) is 1.47. The van der Waals surface area contributed by atoms with Gasteiger partial charge in [-0.25, -0.2) is 0 Å². The van der Waals surface area contributed by atoms with Crippen molar-refractivity contribution in [3.8, 4) is 6.07 Å². The molecule has 5 nitrogen and oxygen atoms in total. The minimum absolute atomic E-state index is 0. The number of halogens is 2. The number of amidine groups is 1. The van der Waals surface area contributed by atoms with Gasteiger partial charge in [0.1, 0.15) is 11.4 Å². The van der Waals surface area contributed by atoms with Crippen LogP contribution in [0.3, 0.4) is 0 Å². The van der Waals surface area contributed by atoms with E-state index in [4.69, 9.17) is 5.26 Å². The highest BCUT2D eigenvalue weighted by Crippen LogP contribution is 2.28. The molecule has 0 bridgehead atoms. The summed E-state index contributed by atoms with van der Waals surface area (Å²) in [4.78, 5) is 16.8. The van der Waals surface area contributed by atoms with Crippen molar-refractivity contribution in [3.63, 3.8) is 0 Å². The van der Waals surface area contributed by atoms with Gasteiger partial charge < -0.3 is 10.6 Å². The van der Waals surface area contributed by atoms with Crippen LogP contribution in [0.4, 0.5) is 0 Å². The third-order valence-electron chi connectivity index (χ3n) is 3.70. The Bertz CT molecular complexity index is 586. The highest BCUT2D eigenvalue weighted by Gasteiger charge is 2.44. The molecule has 3 rings (SSSR count). The Balaban J connectivity index is 0.00000110. The number of nitrogens with one attached hydrogen (secondary N) is 2. The molecular weight excluding hydrogens is 311 g/mol. The number of carbonyl (C=O) groups excluding carboxylic acids is 1. The molecule has 112 valence electrons. The van der Waals surface area contributed by atoms with Crippen molar-refractivity contribution >= 4 is 36.6 Å². The molecule has 1 aromatic rings. The molecule has 1 saturated heterocycles. The Morgan fingerprint density at radius 3 is 2.33 bits per heavy atom. The van der Waals surface area contributed by atoms with E-state index in [1.807, 2.05) is 12.1 Å². The first-order valence-electron chi connectivity index (χ1n) is 6.36. The van der Waals surface area contributed by atoms with Gasteiger partial charge >= 0.3 is 0 Å². The van der Waals surface area contributed by atoms with Crippen molar-refractivity contribution in [2.75, 3.05) is 13.1 Å². The maximum Gasteiger partial charge on any atom is 0.253 e. The summed E-state index contributed by atoms with van der Waals surface area (Å²) in [5.41, 5.74) is 0.863. The zero-order chi connectivity index (χ0) is 13.3. The number of hydrogen-bond acceptors (Lipinski definition) is 4. The van der Waals surface area contributed by atoms with Gasteiger partial charge in [-0.1, -0.05) is 0 Å². The maximum atomic E-state index is 12.2. The first-order chi connectivity index (χ1) is 9.23. The predicted octanol–water partition coefficient (Wildman–Crippen LogP) is 1.40. The second kappa shape index (κ2) is 6.90. The van der Waals surface area contributed by atoms with Crippen LogP contribution in [0.25, 0.3) is 0 Å². The van der Waals surface area contributed by atoms with Gasteiger partial charge in [-0.15, -0.1) is 24.8 Å². The van der Waals surface area contributed by atoms with Crippen molar-refractivity contribution in [2.24, 2.45) is 4.99 Å². The molecule has 1 aromatic carbocycles. The van der Waals surface area contributed by atoms with Crippen LogP contribution in [-0.2, 0) is 4.79 Å². The average molecular weight is 327 g/mol. The second-order valence-corrected chi connectivity index (χ2v) is 4.89. The highest BCUT2D eigenvalue weighted by atomic mass is 35.5. The standard InChI is InChI=1S/C14H14N4O.2ClH/c15-9-10-1-3-11(4-2-10)12-17-13(19)14(18-12)5-7-16-8-6-14;;/h1-4,16H,5-8H2,(H,17,18,19);2*1H. The van der Waals surface area contributed by atoms with Crippen LogP contribution in [-0.4, -0.2) is 30.4 Å². The maximum absolute atomic E-state index is 12.2. The van der Waals surface area contributed by atoms with Gasteiger partial charge in [0, 0.05) is 5.56 Å². The summed E-state index contributed by atoms with van der Waals surface area (Å²) >= 11 is 0. The van der Waals surface area contributed by atoms with Gasteiger partial charge in [-0.05, 0) is 50.2 Å². The van der Waals surface area contributed by atoms with E-state index in [-0.39, 0.29) is 30.7 Å². The molecule has 0 unspecified atom stereocenters. The van der Waals surface area contributed by atoms with E-state index in [2.05, 4.69) is 21.7 Å². The molecule has 2 aliphatic heterocycles. The number of nitriles is 1. The summed E-state index contributed by atoms with van der Waals surface area (Å²) in [5.74, 6) is 0.616. The Hall–Kier alpha value is -1.61. The topological polar surface area (TPSA) is 77.3 Å². The van der Waals surface area contributed by atoms with Gasteiger partial charge in [-0.2, -0.15) is 5.26 Å². The first-order valence-corrected chi connectivity index (χ1v) is 6.36. The number of hydrogen-bond donors (Lipinski definition) is 2. The number of carbonyl (C=O) groups is 1. The van der Waals surface area contributed by atoms with E-state index in [0.29, 0.717) is 11.4 Å². The van der Waals surface area contributed by atoms with Crippen LogP contribution in [0.2, 0.25) is 0 Å². The van der Waals surface area contributed by atoms with Crippen molar-refractivity contribution in [1.29, 1.82) is 5.26 Å². The van der Waals surface area contributed by atoms with E-state index in [1.165, 1.54) is 0 Å². The van der Waals surface area contributed by atoms with Crippen LogP contribution in [0.15, 0.2) is 29.3 Å². The van der Waals surface area contributed by atoms with Gasteiger partial charge in [0.25, 0.3) is 5.91 Å². The largest absolute Gasteiger partial charge is 0.317 e. The SMILES string of the molecule is Cl.Cl.N#Cc1ccc(C2=NC3(CCNCC3)C(=O)N2)cc1. The number of amides is 1. The molecule has 7 heteroatoms. The smallest absolute Gasteiger partial charge is 0.253 e. The number of aliphatic imine (C=N–C) groups is 1. The lowest BCUT2D eigenvalue weighted by atomic mass is 9.89. The zero-order valence-corrected chi connectivity index (χ0v) is 12.9. The van der Waals surface area contributed by atoms with E-state index in [1.54, 1.807) is 12.1 Å². The molecule has 1 spiro atoms. The molecular formula is C14H16Cl2N4O.